The zero-order chi connectivity index (χ0) is 13.1. The highest BCUT2D eigenvalue weighted by atomic mass is 16.5. The minimum absolute atomic E-state index is 0.0310. The second-order valence-electron chi connectivity index (χ2n) is 3.80. The number of ether oxygens (including phenoxy) is 1. The molecule has 4 nitrogen and oxygen atoms in total. The summed E-state index contributed by atoms with van der Waals surface area (Å²) in [6.45, 7) is 0. The summed E-state index contributed by atoms with van der Waals surface area (Å²) < 4.78 is 4.99. The van der Waals surface area contributed by atoms with E-state index in [1.54, 1.807) is 6.07 Å². The highest BCUT2D eigenvalue weighted by Crippen LogP contribution is 2.23. The van der Waals surface area contributed by atoms with Gasteiger partial charge in [0.25, 0.3) is 0 Å². The van der Waals surface area contributed by atoms with E-state index in [-0.39, 0.29) is 17.3 Å². The molecule has 0 atom stereocenters. The Morgan fingerprint density at radius 2 is 1.61 bits per heavy atom. The molecule has 0 unspecified atom stereocenters. The van der Waals surface area contributed by atoms with E-state index in [0.29, 0.717) is 16.9 Å². The first-order chi connectivity index (χ1) is 8.60. The number of carbonyl (C=O) groups excluding carboxylic acids is 1. The molecule has 18 heavy (non-hydrogen) atoms. The summed E-state index contributed by atoms with van der Waals surface area (Å²) in [7, 11) is 1.46. The molecule has 0 fully saturated rings. The average Bonchev–Trinajstić information content (AvgIpc) is 2.38. The van der Waals surface area contributed by atoms with Gasteiger partial charge in [0.05, 0.1) is 7.11 Å². The number of aromatic hydroxyl groups is 2. The molecule has 2 rings (SSSR count). The van der Waals surface area contributed by atoms with E-state index in [1.165, 1.54) is 43.5 Å². The maximum Gasteiger partial charge on any atom is 0.193 e. The van der Waals surface area contributed by atoms with Gasteiger partial charge in [-0.15, -0.1) is 0 Å². The highest BCUT2D eigenvalue weighted by Gasteiger charge is 2.11. The monoisotopic (exact) mass is 244 g/mol. The minimum atomic E-state index is -0.246. The maximum atomic E-state index is 12.1. The number of ketones is 1. The summed E-state index contributed by atoms with van der Waals surface area (Å²) in [6, 6.07) is 10.3. The van der Waals surface area contributed by atoms with Crippen molar-refractivity contribution in [2.24, 2.45) is 0 Å². The van der Waals surface area contributed by atoms with Crippen molar-refractivity contribution in [2.75, 3.05) is 7.11 Å². The Morgan fingerprint density at radius 1 is 0.944 bits per heavy atom. The van der Waals surface area contributed by atoms with Crippen LogP contribution in [0.4, 0.5) is 0 Å². The largest absolute Gasteiger partial charge is 0.508 e. The lowest BCUT2D eigenvalue weighted by molar-refractivity contribution is 0.103. The van der Waals surface area contributed by atoms with Crippen LogP contribution in [-0.4, -0.2) is 23.1 Å². The van der Waals surface area contributed by atoms with Gasteiger partial charge in [-0.25, -0.2) is 0 Å². The van der Waals surface area contributed by atoms with Crippen LogP contribution >= 0.6 is 0 Å². The van der Waals surface area contributed by atoms with Gasteiger partial charge < -0.3 is 14.9 Å². The minimum Gasteiger partial charge on any atom is -0.508 e. The van der Waals surface area contributed by atoms with E-state index in [0.717, 1.165) is 0 Å². The molecule has 2 aromatic carbocycles. The van der Waals surface area contributed by atoms with Crippen LogP contribution in [0.25, 0.3) is 0 Å². The van der Waals surface area contributed by atoms with Gasteiger partial charge in [-0.1, -0.05) is 0 Å². The van der Waals surface area contributed by atoms with Crippen LogP contribution in [0.2, 0.25) is 0 Å². The number of hydrogen-bond donors (Lipinski definition) is 2. The van der Waals surface area contributed by atoms with Crippen molar-refractivity contribution in [3.05, 3.63) is 53.6 Å². The van der Waals surface area contributed by atoms with Crippen molar-refractivity contribution in [1.29, 1.82) is 0 Å². The predicted molar refractivity (Wildman–Crippen MR) is 66.2 cm³/mol. The molecule has 0 radical (unpaired) electrons. The molecule has 0 heterocycles. The molecule has 0 aliphatic rings. The van der Waals surface area contributed by atoms with Crippen LogP contribution in [0, 0.1) is 0 Å². The van der Waals surface area contributed by atoms with Gasteiger partial charge in [-0.2, -0.15) is 0 Å². The number of benzene rings is 2. The van der Waals surface area contributed by atoms with Crippen molar-refractivity contribution in [3.63, 3.8) is 0 Å². The summed E-state index contributed by atoms with van der Waals surface area (Å²) in [5.41, 5.74) is 0.762. The molecule has 0 aliphatic carbocycles. The standard InChI is InChI=1S/C14H12O4/c1-18-13-7-10(6-12(16)8-13)14(17)9-2-4-11(15)5-3-9/h2-8,15-16H,1H3. The van der Waals surface area contributed by atoms with Crippen LogP contribution < -0.4 is 4.74 Å². The van der Waals surface area contributed by atoms with Crippen molar-refractivity contribution < 1.29 is 19.7 Å². The van der Waals surface area contributed by atoms with Crippen molar-refractivity contribution >= 4 is 5.78 Å². The van der Waals surface area contributed by atoms with Crippen LogP contribution in [0.5, 0.6) is 17.2 Å². The molecule has 0 bridgehead atoms. The number of phenolic OH excluding ortho intramolecular Hbond substituents is 2. The Morgan fingerprint density at radius 3 is 2.22 bits per heavy atom. The van der Waals surface area contributed by atoms with Crippen molar-refractivity contribution in [3.8, 4) is 17.2 Å². The quantitative estimate of drug-likeness (QED) is 0.813. The molecular formula is C14H12O4. The van der Waals surface area contributed by atoms with Crippen LogP contribution in [-0.2, 0) is 0 Å². The van der Waals surface area contributed by atoms with E-state index in [1.807, 2.05) is 0 Å². The summed E-state index contributed by atoms with van der Waals surface area (Å²) in [5, 5.41) is 18.7. The lowest BCUT2D eigenvalue weighted by atomic mass is 10.0. The van der Waals surface area contributed by atoms with Gasteiger partial charge in [0.2, 0.25) is 0 Å². The molecule has 0 aliphatic heterocycles. The van der Waals surface area contributed by atoms with E-state index < -0.39 is 0 Å². The molecular weight excluding hydrogens is 232 g/mol. The fourth-order valence-electron chi connectivity index (χ4n) is 1.61. The molecule has 0 saturated carbocycles. The smallest absolute Gasteiger partial charge is 0.193 e. The molecule has 0 saturated heterocycles. The third-order valence-corrected chi connectivity index (χ3v) is 2.52. The number of methoxy groups -OCH3 is 1. The van der Waals surface area contributed by atoms with Gasteiger partial charge in [0, 0.05) is 17.2 Å². The number of rotatable bonds is 3. The summed E-state index contributed by atoms with van der Waals surface area (Å²) >= 11 is 0. The molecule has 0 aromatic heterocycles. The summed E-state index contributed by atoms with van der Waals surface area (Å²) in [5.74, 6) is 0.234. The highest BCUT2D eigenvalue weighted by molar-refractivity contribution is 6.09. The van der Waals surface area contributed by atoms with Gasteiger partial charge in [0.1, 0.15) is 17.2 Å². The second-order valence-corrected chi connectivity index (χ2v) is 3.80. The Balaban J connectivity index is 2.39. The van der Waals surface area contributed by atoms with E-state index in [9.17, 15) is 9.90 Å². The number of carbonyl (C=O) groups is 1. The molecule has 0 amide bonds. The SMILES string of the molecule is COc1cc(O)cc(C(=O)c2ccc(O)cc2)c1. The Labute approximate surface area is 104 Å². The first-order valence-electron chi connectivity index (χ1n) is 5.32. The normalized spacial score (nSPS) is 10.1. The van der Waals surface area contributed by atoms with E-state index in [4.69, 9.17) is 9.84 Å². The third kappa shape index (κ3) is 2.43. The van der Waals surface area contributed by atoms with Crippen LogP contribution in [0.3, 0.4) is 0 Å². The first-order valence-corrected chi connectivity index (χ1v) is 5.32. The second kappa shape index (κ2) is 4.79. The number of phenols is 2. The topological polar surface area (TPSA) is 66.8 Å². The summed E-state index contributed by atoms with van der Waals surface area (Å²) in [4.78, 5) is 12.1. The van der Waals surface area contributed by atoms with Crippen LogP contribution in [0.1, 0.15) is 15.9 Å². The molecule has 0 spiro atoms. The van der Waals surface area contributed by atoms with Gasteiger partial charge in [-0.05, 0) is 36.4 Å². The molecule has 4 heteroatoms. The third-order valence-electron chi connectivity index (χ3n) is 2.52. The van der Waals surface area contributed by atoms with Crippen LogP contribution in [0.15, 0.2) is 42.5 Å². The Kier molecular flexibility index (Phi) is 3.19. The molecule has 2 N–H and O–H groups in total. The molecule has 2 aromatic rings. The predicted octanol–water partition coefficient (Wildman–Crippen LogP) is 2.34. The number of hydrogen-bond acceptors (Lipinski definition) is 4. The average molecular weight is 244 g/mol. The Bertz CT molecular complexity index is 573. The molecule has 92 valence electrons. The van der Waals surface area contributed by atoms with Gasteiger partial charge in [0.15, 0.2) is 5.78 Å². The fraction of sp³-hybridized carbons (Fsp3) is 0.0714. The van der Waals surface area contributed by atoms with Crippen molar-refractivity contribution in [2.45, 2.75) is 0 Å². The van der Waals surface area contributed by atoms with E-state index in [2.05, 4.69) is 0 Å². The van der Waals surface area contributed by atoms with Gasteiger partial charge in [-0.3, -0.25) is 4.79 Å². The Hall–Kier alpha value is -2.49. The van der Waals surface area contributed by atoms with Gasteiger partial charge >= 0.3 is 0 Å². The fourth-order valence-corrected chi connectivity index (χ4v) is 1.61. The van der Waals surface area contributed by atoms with E-state index >= 15 is 0 Å². The summed E-state index contributed by atoms with van der Waals surface area (Å²) in [6.07, 6.45) is 0. The maximum absolute atomic E-state index is 12.1. The van der Waals surface area contributed by atoms with Crippen molar-refractivity contribution in [1.82, 2.24) is 0 Å². The lowest BCUT2D eigenvalue weighted by Crippen LogP contribution is -2.01. The zero-order valence-corrected chi connectivity index (χ0v) is 9.75. The first kappa shape index (κ1) is 12.0. The lowest BCUT2D eigenvalue weighted by Gasteiger charge is -2.05. The zero-order valence-electron chi connectivity index (χ0n) is 9.75.